The van der Waals surface area contributed by atoms with Crippen LogP contribution in [0.4, 0.5) is 4.39 Å². The predicted octanol–water partition coefficient (Wildman–Crippen LogP) is 2.69. The molecule has 1 fully saturated rings. The lowest BCUT2D eigenvalue weighted by Crippen LogP contribution is -2.38. The summed E-state index contributed by atoms with van der Waals surface area (Å²) in [6.07, 6.45) is 0.501. The van der Waals surface area contributed by atoms with Crippen molar-refractivity contribution in [2.75, 3.05) is 24.3 Å². The summed E-state index contributed by atoms with van der Waals surface area (Å²) in [6.45, 7) is 0. The summed E-state index contributed by atoms with van der Waals surface area (Å²) in [5, 5.41) is 1.87. The number of nitrogens with zero attached hydrogens (tertiary/aromatic N) is 2. The maximum absolute atomic E-state index is 13.0. The molecule has 0 radical (unpaired) electrons. The van der Waals surface area contributed by atoms with Gasteiger partial charge in [-0.2, -0.15) is 0 Å². The van der Waals surface area contributed by atoms with Crippen molar-refractivity contribution in [3.8, 4) is 11.3 Å². The second-order valence-electron chi connectivity index (χ2n) is 5.86. The van der Waals surface area contributed by atoms with Gasteiger partial charge in [0.2, 0.25) is 5.91 Å². The number of thiazole rings is 1. The molecule has 5 nitrogen and oxygen atoms in total. The molecular weight excluding hydrogens is 383 g/mol. The van der Waals surface area contributed by atoms with Crippen molar-refractivity contribution in [2.24, 2.45) is 0 Å². The summed E-state index contributed by atoms with van der Waals surface area (Å²) in [6, 6.07) is 5.87. The van der Waals surface area contributed by atoms with Crippen LogP contribution in [0.15, 0.2) is 34.0 Å². The Morgan fingerprint density at radius 3 is 2.76 bits per heavy atom. The van der Waals surface area contributed by atoms with Crippen molar-refractivity contribution in [1.82, 2.24) is 9.88 Å². The molecule has 3 rings (SSSR count). The van der Waals surface area contributed by atoms with Gasteiger partial charge in [0.15, 0.2) is 14.2 Å². The molecule has 0 N–H and O–H groups in total. The molecule has 1 aliphatic rings. The first-order chi connectivity index (χ1) is 11.8. The summed E-state index contributed by atoms with van der Waals surface area (Å²) in [4.78, 5) is 18.3. The fourth-order valence-corrected chi connectivity index (χ4v) is 6.12. The Morgan fingerprint density at radius 1 is 1.40 bits per heavy atom. The molecule has 1 atom stereocenters. The van der Waals surface area contributed by atoms with Gasteiger partial charge in [0, 0.05) is 24.0 Å². The van der Waals surface area contributed by atoms with Gasteiger partial charge in [0.1, 0.15) is 5.82 Å². The molecule has 1 aromatic carbocycles. The van der Waals surface area contributed by atoms with Gasteiger partial charge < -0.3 is 4.90 Å². The number of amides is 1. The zero-order valence-corrected chi connectivity index (χ0v) is 16.0. The molecule has 0 spiro atoms. The smallest absolute Gasteiger partial charge is 0.233 e. The average Bonchev–Trinajstić information content (AvgIpc) is 3.19. The van der Waals surface area contributed by atoms with E-state index in [2.05, 4.69) is 4.98 Å². The van der Waals surface area contributed by atoms with Crippen LogP contribution in [0.2, 0.25) is 0 Å². The van der Waals surface area contributed by atoms with Gasteiger partial charge in [-0.25, -0.2) is 17.8 Å². The lowest BCUT2D eigenvalue weighted by atomic mass is 10.2. The number of aromatic nitrogens is 1. The molecule has 1 aliphatic heterocycles. The van der Waals surface area contributed by atoms with Crippen molar-refractivity contribution >= 4 is 38.8 Å². The molecule has 25 heavy (non-hydrogen) atoms. The molecule has 9 heteroatoms. The fourth-order valence-electron chi connectivity index (χ4n) is 2.59. The van der Waals surface area contributed by atoms with Gasteiger partial charge in [-0.1, -0.05) is 11.8 Å². The summed E-state index contributed by atoms with van der Waals surface area (Å²) in [7, 11) is -1.36. The first-order valence-electron chi connectivity index (χ1n) is 7.64. The molecular formula is C16H17FN2O3S3. The lowest BCUT2D eigenvalue weighted by Gasteiger charge is -2.22. The van der Waals surface area contributed by atoms with Crippen LogP contribution in [0.25, 0.3) is 11.3 Å². The van der Waals surface area contributed by atoms with Crippen molar-refractivity contribution in [1.29, 1.82) is 0 Å². The Bertz CT molecular complexity index is 865. The average molecular weight is 401 g/mol. The molecule has 134 valence electrons. The maximum atomic E-state index is 13.0. The Labute approximate surface area is 154 Å². The normalized spacial score (nSPS) is 19.0. The highest BCUT2D eigenvalue weighted by Gasteiger charge is 2.32. The van der Waals surface area contributed by atoms with Crippen LogP contribution in [0.3, 0.4) is 0 Å². The molecule has 2 heterocycles. The predicted molar refractivity (Wildman–Crippen MR) is 98.1 cm³/mol. The van der Waals surface area contributed by atoms with Crippen molar-refractivity contribution in [2.45, 2.75) is 16.8 Å². The SMILES string of the molecule is CN(C(=O)CSc1nc(-c2ccc(F)cc2)cs1)[C@H]1CCS(=O)(=O)C1. The van der Waals surface area contributed by atoms with E-state index in [9.17, 15) is 17.6 Å². The van der Waals surface area contributed by atoms with E-state index in [-0.39, 0.29) is 35.0 Å². The number of sulfone groups is 1. The zero-order valence-electron chi connectivity index (χ0n) is 13.5. The minimum Gasteiger partial charge on any atom is -0.341 e. The molecule has 1 aromatic heterocycles. The highest BCUT2D eigenvalue weighted by Crippen LogP contribution is 2.29. The van der Waals surface area contributed by atoms with Gasteiger partial charge in [0.25, 0.3) is 0 Å². The van der Waals surface area contributed by atoms with E-state index in [1.807, 2.05) is 5.38 Å². The summed E-state index contributed by atoms with van der Waals surface area (Å²) >= 11 is 2.75. The number of benzene rings is 1. The van der Waals surface area contributed by atoms with Crippen LogP contribution in [0.5, 0.6) is 0 Å². The van der Waals surface area contributed by atoms with Crippen molar-refractivity contribution < 1.29 is 17.6 Å². The third-order valence-corrected chi connectivity index (χ3v) is 7.85. The Kier molecular flexibility index (Phi) is 5.45. The van der Waals surface area contributed by atoms with E-state index in [0.29, 0.717) is 6.42 Å². The van der Waals surface area contributed by atoms with Crippen molar-refractivity contribution in [3.05, 3.63) is 35.5 Å². The Balaban J connectivity index is 1.57. The molecule has 0 saturated carbocycles. The number of halogens is 1. The standard InChI is InChI=1S/C16H17FN2O3S3/c1-19(13-6-7-25(21,22)10-13)15(20)9-24-16-18-14(8-23-16)11-2-4-12(17)5-3-11/h2-5,8,13H,6-7,9-10H2,1H3/t13-/m0/s1. The highest BCUT2D eigenvalue weighted by atomic mass is 32.2. The van der Waals surface area contributed by atoms with Gasteiger partial charge in [-0.05, 0) is 30.7 Å². The number of hydrogen-bond donors (Lipinski definition) is 0. The topological polar surface area (TPSA) is 67.3 Å². The van der Waals surface area contributed by atoms with Crippen LogP contribution < -0.4 is 0 Å². The largest absolute Gasteiger partial charge is 0.341 e. The molecule has 0 bridgehead atoms. The number of thioether (sulfide) groups is 1. The lowest BCUT2D eigenvalue weighted by molar-refractivity contribution is -0.128. The van der Waals surface area contributed by atoms with Crippen LogP contribution in [0, 0.1) is 5.82 Å². The Morgan fingerprint density at radius 2 is 2.12 bits per heavy atom. The molecule has 2 aromatic rings. The monoisotopic (exact) mass is 400 g/mol. The van der Waals surface area contributed by atoms with Crippen LogP contribution >= 0.6 is 23.1 Å². The van der Waals surface area contributed by atoms with Gasteiger partial charge in [0.05, 0.1) is 23.0 Å². The van der Waals surface area contributed by atoms with Gasteiger partial charge in [-0.15, -0.1) is 11.3 Å². The first kappa shape index (κ1) is 18.3. The molecule has 0 unspecified atom stereocenters. The molecule has 1 amide bonds. The van der Waals surface area contributed by atoms with E-state index in [4.69, 9.17) is 0 Å². The Hall–Kier alpha value is -1.45. The fraction of sp³-hybridized carbons (Fsp3) is 0.375. The second-order valence-corrected chi connectivity index (χ2v) is 10.2. The van der Waals surface area contributed by atoms with E-state index in [1.165, 1.54) is 40.1 Å². The van der Waals surface area contributed by atoms with E-state index in [0.717, 1.165) is 15.6 Å². The van der Waals surface area contributed by atoms with Crippen molar-refractivity contribution in [3.63, 3.8) is 0 Å². The minimum atomic E-state index is -3.01. The highest BCUT2D eigenvalue weighted by molar-refractivity contribution is 8.01. The van der Waals surface area contributed by atoms with E-state index >= 15 is 0 Å². The van der Waals surface area contributed by atoms with Crippen LogP contribution in [0.1, 0.15) is 6.42 Å². The number of carbonyl (C=O) groups is 1. The summed E-state index contributed by atoms with van der Waals surface area (Å²) < 4.78 is 36.8. The quantitative estimate of drug-likeness (QED) is 0.722. The van der Waals surface area contributed by atoms with Crippen LogP contribution in [-0.4, -0.2) is 54.6 Å². The summed E-state index contributed by atoms with van der Waals surface area (Å²) in [5.41, 5.74) is 1.57. The third kappa shape index (κ3) is 4.59. The van der Waals surface area contributed by atoms with Crippen LogP contribution in [-0.2, 0) is 14.6 Å². The third-order valence-electron chi connectivity index (χ3n) is 4.09. The molecule has 0 aliphatic carbocycles. The molecule has 1 saturated heterocycles. The second kappa shape index (κ2) is 7.43. The minimum absolute atomic E-state index is 0.0475. The van der Waals surface area contributed by atoms with E-state index in [1.54, 1.807) is 19.2 Å². The van der Waals surface area contributed by atoms with E-state index < -0.39 is 9.84 Å². The maximum Gasteiger partial charge on any atom is 0.233 e. The van der Waals surface area contributed by atoms with Gasteiger partial charge in [-0.3, -0.25) is 4.79 Å². The number of carbonyl (C=O) groups excluding carboxylic acids is 1. The summed E-state index contributed by atoms with van der Waals surface area (Å²) in [5.74, 6) is 0.00683. The first-order valence-corrected chi connectivity index (χ1v) is 11.3. The van der Waals surface area contributed by atoms with Gasteiger partial charge >= 0.3 is 0 Å². The zero-order chi connectivity index (χ0) is 18.0. The number of rotatable bonds is 5. The number of hydrogen-bond acceptors (Lipinski definition) is 6.